The Kier molecular flexibility index (Phi) is 1.64. The maximum atomic E-state index is 5.64. The van der Waals surface area contributed by atoms with Gasteiger partial charge in [-0.3, -0.25) is 0 Å². The van der Waals surface area contributed by atoms with E-state index < -0.39 is 0 Å². The van der Waals surface area contributed by atoms with Gasteiger partial charge in [0.15, 0.2) is 0 Å². The lowest BCUT2D eigenvalue weighted by atomic mass is 10.1. The average molecular weight is 168 g/mol. The summed E-state index contributed by atoms with van der Waals surface area (Å²) in [6.07, 6.45) is 5.27. The van der Waals surface area contributed by atoms with E-state index in [0.29, 0.717) is 11.4 Å². The molecular formula is C11H8N2. The summed E-state index contributed by atoms with van der Waals surface area (Å²) in [5.74, 6) is 2.92. The van der Waals surface area contributed by atoms with Gasteiger partial charge >= 0.3 is 0 Å². The molecule has 2 heteroatoms. The fourth-order valence-corrected chi connectivity index (χ4v) is 1.25. The first-order chi connectivity index (χ1) is 6.31. The SMILES string of the molecule is C#Cc1cc2ccccc2nc1N. The van der Waals surface area contributed by atoms with Gasteiger partial charge in [-0.15, -0.1) is 6.42 Å². The molecule has 1 heterocycles. The van der Waals surface area contributed by atoms with Gasteiger partial charge in [-0.2, -0.15) is 0 Å². The van der Waals surface area contributed by atoms with Gasteiger partial charge in [0.1, 0.15) is 5.82 Å². The Bertz CT molecular complexity index is 495. The zero-order valence-electron chi connectivity index (χ0n) is 6.99. The van der Waals surface area contributed by atoms with Crippen LogP contribution in [-0.2, 0) is 0 Å². The van der Waals surface area contributed by atoms with Crippen LogP contribution in [0.5, 0.6) is 0 Å². The van der Waals surface area contributed by atoms with E-state index in [-0.39, 0.29) is 0 Å². The molecule has 0 aliphatic rings. The summed E-state index contributed by atoms with van der Waals surface area (Å²) in [5, 5.41) is 1.02. The maximum Gasteiger partial charge on any atom is 0.139 e. The Morgan fingerprint density at radius 1 is 1.31 bits per heavy atom. The Balaban J connectivity index is 2.83. The summed E-state index contributed by atoms with van der Waals surface area (Å²) in [7, 11) is 0. The molecule has 0 saturated heterocycles. The van der Waals surface area contributed by atoms with Gasteiger partial charge in [0.05, 0.1) is 11.1 Å². The summed E-state index contributed by atoms with van der Waals surface area (Å²) >= 11 is 0. The predicted molar refractivity (Wildman–Crippen MR) is 54.1 cm³/mol. The highest BCUT2D eigenvalue weighted by molar-refractivity contribution is 5.82. The van der Waals surface area contributed by atoms with Crippen LogP contribution in [0.1, 0.15) is 5.56 Å². The number of hydrogen-bond acceptors (Lipinski definition) is 2. The molecule has 0 amide bonds. The standard InChI is InChI=1S/C11H8N2/c1-2-8-7-9-5-3-4-6-10(9)13-11(8)12/h1,3-7H,(H2,12,13). The third kappa shape index (κ3) is 1.21. The van der Waals surface area contributed by atoms with Crippen molar-refractivity contribution in [2.45, 2.75) is 0 Å². The van der Waals surface area contributed by atoms with E-state index in [2.05, 4.69) is 10.9 Å². The molecule has 0 atom stereocenters. The Hall–Kier alpha value is -2.01. The second kappa shape index (κ2) is 2.80. The number of anilines is 1. The van der Waals surface area contributed by atoms with Crippen LogP contribution in [0.4, 0.5) is 5.82 Å². The van der Waals surface area contributed by atoms with Crippen LogP contribution in [0.2, 0.25) is 0 Å². The number of nitrogens with two attached hydrogens (primary N) is 1. The van der Waals surface area contributed by atoms with Crippen molar-refractivity contribution in [1.29, 1.82) is 0 Å². The number of para-hydroxylation sites is 1. The fraction of sp³-hybridized carbons (Fsp3) is 0. The minimum Gasteiger partial charge on any atom is -0.383 e. The first-order valence-electron chi connectivity index (χ1n) is 3.93. The van der Waals surface area contributed by atoms with Crippen molar-refractivity contribution in [1.82, 2.24) is 4.98 Å². The van der Waals surface area contributed by atoms with E-state index in [4.69, 9.17) is 12.2 Å². The van der Waals surface area contributed by atoms with Crippen molar-refractivity contribution in [3.05, 3.63) is 35.9 Å². The van der Waals surface area contributed by atoms with Crippen LogP contribution in [0.25, 0.3) is 10.9 Å². The number of fused-ring (bicyclic) bond motifs is 1. The minimum atomic E-state index is 0.418. The number of pyridine rings is 1. The molecule has 13 heavy (non-hydrogen) atoms. The van der Waals surface area contributed by atoms with Crippen molar-refractivity contribution in [2.75, 3.05) is 5.73 Å². The normalized spacial score (nSPS) is 9.77. The Labute approximate surface area is 76.4 Å². The van der Waals surface area contributed by atoms with Gasteiger partial charge in [0.25, 0.3) is 0 Å². The number of nitrogen functional groups attached to an aromatic ring is 1. The van der Waals surface area contributed by atoms with Crippen LogP contribution in [0.15, 0.2) is 30.3 Å². The van der Waals surface area contributed by atoms with Gasteiger partial charge in [-0.05, 0) is 12.1 Å². The number of rotatable bonds is 0. The minimum absolute atomic E-state index is 0.418. The molecular weight excluding hydrogens is 160 g/mol. The predicted octanol–water partition coefficient (Wildman–Crippen LogP) is 1.80. The van der Waals surface area contributed by atoms with E-state index in [1.165, 1.54) is 0 Å². The molecule has 2 rings (SSSR count). The largest absolute Gasteiger partial charge is 0.383 e. The Morgan fingerprint density at radius 2 is 2.08 bits per heavy atom. The smallest absolute Gasteiger partial charge is 0.139 e. The lowest BCUT2D eigenvalue weighted by Gasteiger charge is -2.00. The van der Waals surface area contributed by atoms with Crippen molar-refractivity contribution < 1.29 is 0 Å². The van der Waals surface area contributed by atoms with Gasteiger partial charge in [0.2, 0.25) is 0 Å². The third-order valence-corrected chi connectivity index (χ3v) is 1.91. The van der Waals surface area contributed by atoms with Crippen LogP contribution in [-0.4, -0.2) is 4.98 Å². The van der Waals surface area contributed by atoms with Crippen LogP contribution in [0.3, 0.4) is 0 Å². The molecule has 1 aromatic carbocycles. The molecule has 0 saturated carbocycles. The molecule has 0 bridgehead atoms. The lowest BCUT2D eigenvalue weighted by Crippen LogP contribution is -1.94. The van der Waals surface area contributed by atoms with Crippen LogP contribution < -0.4 is 5.73 Å². The third-order valence-electron chi connectivity index (χ3n) is 1.91. The number of aromatic nitrogens is 1. The van der Waals surface area contributed by atoms with Gasteiger partial charge in [0, 0.05) is 5.39 Å². The van der Waals surface area contributed by atoms with E-state index in [1.807, 2.05) is 30.3 Å². The number of terminal acetylenes is 1. The topological polar surface area (TPSA) is 38.9 Å². The molecule has 2 N–H and O–H groups in total. The monoisotopic (exact) mass is 168 g/mol. The molecule has 0 radical (unpaired) electrons. The number of nitrogens with zero attached hydrogens (tertiary/aromatic N) is 1. The first kappa shape index (κ1) is 7.63. The Morgan fingerprint density at radius 3 is 2.85 bits per heavy atom. The van der Waals surface area contributed by atoms with Crippen molar-refractivity contribution in [3.8, 4) is 12.3 Å². The lowest BCUT2D eigenvalue weighted by molar-refractivity contribution is 1.40. The highest BCUT2D eigenvalue weighted by Gasteiger charge is 1.99. The molecule has 0 spiro atoms. The fourth-order valence-electron chi connectivity index (χ4n) is 1.25. The zero-order chi connectivity index (χ0) is 9.26. The van der Waals surface area contributed by atoms with E-state index in [1.54, 1.807) is 0 Å². The quantitative estimate of drug-likeness (QED) is 0.609. The van der Waals surface area contributed by atoms with E-state index >= 15 is 0 Å². The second-order valence-corrected chi connectivity index (χ2v) is 2.76. The summed E-state index contributed by atoms with van der Waals surface area (Å²) in [4.78, 5) is 4.18. The number of benzene rings is 1. The molecule has 62 valence electrons. The maximum absolute atomic E-state index is 5.64. The first-order valence-corrected chi connectivity index (χ1v) is 3.93. The van der Waals surface area contributed by atoms with Crippen molar-refractivity contribution >= 4 is 16.7 Å². The molecule has 0 aliphatic carbocycles. The summed E-state index contributed by atoms with van der Waals surface area (Å²) in [6, 6.07) is 9.61. The van der Waals surface area contributed by atoms with Crippen molar-refractivity contribution in [3.63, 3.8) is 0 Å². The molecule has 2 nitrogen and oxygen atoms in total. The summed E-state index contributed by atoms with van der Waals surface area (Å²) < 4.78 is 0. The van der Waals surface area contributed by atoms with Crippen molar-refractivity contribution in [2.24, 2.45) is 0 Å². The highest BCUT2D eigenvalue weighted by Crippen LogP contribution is 2.16. The van der Waals surface area contributed by atoms with Crippen LogP contribution >= 0.6 is 0 Å². The molecule has 0 unspecified atom stereocenters. The second-order valence-electron chi connectivity index (χ2n) is 2.76. The number of hydrogen-bond donors (Lipinski definition) is 1. The van der Waals surface area contributed by atoms with Gasteiger partial charge in [-0.25, -0.2) is 4.98 Å². The molecule has 0 fully saturated rings. The molecule has 2 aromatic rings. The van der Waals surface area contributed by atoms with Crippen LogP contribution in [0, 0.1) is 12.3 Å². The molecule has 1 aromatic heterocycles. The van der Waals surface area contributed by atoms with E-state index in [9.17, 15) is 0 Å². The highest BCUT2D eigenvalue weighted by atomic mass is 14.8. The summed E-state index contributed by atoms with van der Waals surface area (Å²) in [6.45, 7) is 0. The van der Waals surface area contributed by atoms with Gasteiger partial charge < -0.3 is 5.73 Å². The molecule has 0 aliphatic heterocycles. The van der Waals surface area contributed by atoms with E-state index in [0.717, 1.165) is 10.9 Å². The summed E-state index contributed by atoms with van der Waals surface area (Å²) in [5.41, 5.74) is 7.17. The average Bonchev–Trinajstić information content (AvgIpc) is 2.17. The van der Waals surface area contributed by atoms with Gasteiger partial charge in [-0.1, -0.05) is 24.1 Å². The zero-order valence-corrected chi connectivity index (χ0v) is 6.99.